The van der Waals surface area contributed by atoms with Crippen molar-refractivity contribution in [2.75, 3.05) is 38.8 Å². The summed E-state index contributed by atoms with van der Waals surface area (Å²) in [4.78, 5) is 37.0. The van der Waals surface area contributed by atoms with Gasteiger partial charge in [-0.15, -0.1) is 0 Å². The normalized spacial score (nSPS) is 17.8. The van der Waals surface area contributed by atoms with Gasteiger partial charge in [0.2, 0.25) is 0 Å². The number of benzene rings is 1. The molecule has 0 bridgehead atoms. The highest BCUT2D eigenvalue weighted by atomic mass is 32.2. The van der Waals surface area contributed by atoms with Crippen LogP contribution in [0.5, 0.6) is 5.75 Å². The lowest BCUT2D eigenvalue weighted by molar-refractivity contribution is -0.151. The van der Waals surface area contributed by atoms with Crippen LogP contribution in [0.2, 0.25) is 0 Å². The van der Waals surface area contributed by atoms with Crippen LogP contribution in [0.3, 0.4) is 0 Å². The summed E-state index contributed by atoms with van der Waals surface area (Å²) < 4.78 is 32.8. The molecule has 10 heteroatoms. The highest BCUT2D eigenvalue weighted by Crippen LogP contribution is 2.16. The smallest absolute Gasteiger partial charge is 0.325 e. The molecule has 9 nitrogen and oxygen atoms in total. The maximum atomic E-state index is 12.0. The lowest BCUT2D eigenvalue weighted by atomic mass is 10.2. The Balaban J connectivity index is 1.75. The number of carbonyl (C=O) groups is 3. The van der Waals surface area contributed by atoms with Gasteiger partial charge in [-0.2, -0.15) is 0 Å². The summed E-state index contributed by atoms with van der Waals surface area (Å²) in [5.74, 6) is -1.28. The molecule has 0 unspecified atom stereocenters. The standard InChI is InChI=1S/C17H22N2O7S/c1-19(13-6-7-27(23,24)11-13)15(20)10-26-16(21)9-18-17(22)12-4-3-5-14(8-12)25-2/h3-5,8,13H,6-7,9-11H2,1-2H3,(H,18,22)/t13-/m1/s1. The minimum atomic E-state index is -3.11. The molecule has 1 aliphatic heterocycles. The molecule has 0 spiro atoms. The Morgan fingerprint density at radius 1 is 1.30 bits per heavy atom. The third-order valence-corrected chi connectivity index (χ3v) is 5.98. The zero-order chi connectivity index (χ0) is 20.0. The molecule has 0 radical (unpaired) electrons. The number of likely N-dealkylation sites (N-methyl/N-ethyl adjacent to an activating group) is 1. The molecule has 1 atom stereocenters. The number of esters is 1. The molecule has 2 rings (SSSR count). The maximum Gasteiger partial charge on any atom is 0.325 e. The van der Waals surface area contributed by atoms with Crippen LogP contribution in [0.25, 0.3) is 0 Å². The quantitative estimate of drug-likeness (QED) is 0.622. The second-order valence-corrected chi connectivity index (χ2v) is 8.37. The molecule has 1 N–H and O–H groups in total. The van der Waals surface area contributed by atoms with E-state index in [-0.39, 0.29) is 11.5 Å². The third-order valence-electron chi connectivity index (χ3n) is 4.23. The first kappa shape index (κ1) is 20.7. The van der Waals surface area contributed by atoms with E-state index in [0.29, 0.717) is 17.7 Å². The lowest BCUT2D eigenvalue weighted by Gasteiger charge is -2.23. The van der Waals surface area contributed by atoms with Gasteiger partial charge >= 0.3 is 5.97 Å². The van der Waals surface area contributed by atoms with E-state index in [2.05, 4.69) is 5.32 Å². The fourth-order valence-electron chi connectivity index (χ4n) is 2.60. The predicted octanol–water partition coefficient (Wildman–Crippen LogP) is -0.386. The Morgan fingerprint density at radius 2 is 2.04 bits per heavy atom. The SMILES string of the molecule is COc1cccc(C(=O)NCC(=O)OCC(=O)N(C)[C@@H]2CCS(=O)(=O)C2)c1. The Labute approximate surface area is 157 Å². The second kappa shape index (κ2) is 8.85. The first-order valence-corrected chi connectivity index (χ1v) is 10.1. The van der Waals surface area contributed by atoms with E-state index in [0.717, 1.165) is 0 Å². The van der Waals surface area contributed by atoms with Gasteiger partial charge < -0.3 is 19.7 Å². The van der Waals surface area contributed by atoms with Crippen molar-refractivity contribution >= 4 is 27.6 Å². The Kier molecular flexibility index (Phi) is 6.78. The van der Waals surface area contributed by atoms with Crippen molar-refractivity contribution < 1.29 is 32.3 Å². The molecule has 2 amide bonds. The summed E-state index contributed by atoms with van der Waals surface area (Å²) >= 11 is 0. The van der Waals surface area contributed by atoms with Gasteiger partial charge in [0.05, 0.1) is 18.6 Å². The van der Waals surface area contributed by atoms with Crippen LogP contribution >= 0.6 is 0 Å². The van der Waals surface area contributed by atoms with Gasteiger partial charge in [-0.1, -0.05) is 6.07 Å². The number of nitrogens with one attached hydrogen (secondary N) is 1. The molecule has 1 fully saturated rings. The molecule has 0 aromatic heterocycles. The maximum absolute atomic E-state index is 12.0. The number of methoxy groups -OCH3 is 1. The fourth-order valence-corrected chi connectivity index (χ4v) is 4.37. The highest BCUT2D eigenvalue weighted by Gasteiger charge is 2.32. The number of ether oxygens (including phenoxy) is 2. The number of sulfone groups is 1. The van der Waals surface area contributed by atoms with Gasteiger partial charge in [-0.05, 0) is 24.6 Å². The predicted molar refractivity (Wildman–Crippen MR) is 96.1 cm³/mol. The van der Waals surface area contributed by atoms with Gasteiger partial charge in [0, 0.05) is 18.7 Å². The third kappa shape index (κ3) is 5.95. The summed E-state index contributed by atoms with van der Waals surface area (Å²) in [6.07, 6.45) is 0.370. The van der Waals surface area contributed by atoms with Gasteiger partial charge in [0.15, 0.2) is 16.4 Å². The summed E-state index contributed by atoms with van der Waals surface area (Å²) in [5, 5.41) is 2.40. The molecular weight excluding hydrogens is 376 g/mol. The largest absolute Gasteiger partial charge is 0.497 e. The number of rotatable bonds is 7. The molecule has 0 aliphatic carbocycles. The van der Waals surface area contributed by atoms with Crippen molar-refractivity contribution in [1.82, 2.24) is 10.2 Å². The Morgan fingerprint density at radius 3 is 2.67 bits per heavy atom. The van der Waals surface area contributed by atoms with Crippen molar-refractivity contribution in [3.8, 4) is 5.75 Å². The fraction of sp³-hybridized carbons (Fsp3) is 0.471. The molecule has 1 heterocycles. The van der Waals surface area contributed by atoms with Crippen molar-refractivity contribution in [3.63, 3.8) is 0 Å². The number of hydrogen-bond donors (Lipinski definition) is 1. The second-order valence-electron chi connectivity index (χ2n) is 6.14. The molecule has 0 saturated carbocycles. The lowest BCUT2D eigenvalue weighted by Crippen LogP contribution is -2.41. The molecule has 1 aromatic carbocycles. The van der Waals surface area contributed by atoms with E-state index in [1.54, 1.807) is 18.2 Å². The van der Waals surface area contributed by atoms with Gasteiger partial charge in [-0.25, -0.2) is 8.42 Å². The molecule has 148 valence electrons. The Bertz CT molecular complexity index is 822. The first-order valence-electron chi connectivity index (χ1n) is 8.26. The van der Waals surface area contributed by atoms with Crippen LogP contribution in [-0.4, -0.2) is 76.0 Å². The number of carbonyl (C=O) groups excluding carboxylic acids is 3. The van der Waals surface area contributed by atoms with E-state index < -0.39 is 46.8 Å². The van der Waals surface area contributed by atoms with Crippen molar-refractivity contribution in [2.24, 2.45) is 0 Å². The molecule has 1 saturated heterocycles. The highest BCUT2D eigenvalue weighted by molar-refractivity contribution is 7.91. The summed E-state index contributed by atoms with van der Waals surface area (Å²) in [6, 6.07) is 6.01. The molecule has 1 aliphatic rings. The van der Waals surface area contributed by atoms with Crippen LogP contribution in [0, 0.1) is 0 Å². The van der Waals surface area contributed by atoms with E-state index in [4.69, 9.17) is 9.47 Å². The van der Waals surface area contributed by atoms with E-state index in [9.17, 15) is 22.8 Å². The van der Waals surface area contributed by atoms with Gasteiger partial charge in [0.25, 0.3) is 11.8 Å². The van der Waals surface area contributed by atoms with Gasteiger partial charge in [0.1, 0.15) is 12.3 Å². The molecule has 1 aromatic rings. The number of nitrogens with zero attached hydrogens (tertiary/aromatic N) is 1. The van der Waals surface area contributed by atoms with E-state index >= 15 is 0 Å². The van der Waals surface area contributed by atoms with E-state index in [1.807, 2.05) is 0 Å². The van der Waals surface area contributed by atoms with Crippen LogP contribution in [0.1, 0.15) is 16.8 Å². The van der Waals surface area contributed by atoms with Gasteiger partial charge in [-0.3, -0.25) is 14.4 Å². The van der Waals surface area contributed by atoms with Crippen molar-refractivity contribution in [2.45, 2.75) is 12.5 Å². The monoisotopic (exact) mass is 398 g/mol. The van der Waals surface area contributed by atoms with Crippen LogP contribution < -0.4 is 10.1 Å². The van der Waals surface area contributed by atoms with Crippen molar-refractivity contribution in [1.29, 1.82) is 0 Å². The van der Waals surface area contributed by atoms with E-state index in [1.165, 1.54) is 25.1 Å². The average molecular weight is 398 g/mol. The average Bonchev–Trinajstić information content (AvgIpc) is 3.03. The topological polar surface area (TPSA) is 119 Å². The number of amides is 2. The van der Waals surface area contributed by atoms with Crippen LogP contribution in [0.15, 0.2) is 24.3 Å². The van der Waals surface area contributed by atoms with Crippen LogP contribution in [0.4, 0.5) is 0 Å². The summed E-state index contributed by atoms with van der Waals surface area (Å²) in [7, 11) is -0.159. The van der Waals surface area contributed by atoms with Crippen LogP contribution in [-0.2, 0) is 24.2 Å². The first-order chi connectivity index (χ1) is 12.7. The molecular formula is C17H22N2O7S. The summed E-state index contributed by atoms with van der Waals surface area (Å²) in [5.41, 5.74) is 0.320. The minimum absolute atomic E-state index is 0.0470. The Hall–Kier alpha value is -2.62. The molecule has 27 heavy (non-hydrogen) atoms. The number of hydrogen-bond acceptors (Lipinski definition) is 7. The zero-order valence-corrected chi connectivity index (χ0v) is 16.0. The minimum Gasteiger partial charge on any atom is -0.497 e. The zero-order valence-electron chi connectivity index (χ0n) is 15.1. The van der Waals surface area contributed by atoms with Crippen molar-refractivity contribution in [3.05, 3.63) is 29.8 Å². The summed E-state index contributed by atoms with van der Waals surface area (Å²) in [6.45, 7) is -0.911.